The summed E-state index contributed by atoms with van der Waals surface area (Å²) in [5.41, 5.74) is 20.5. The molecule has 0 spiro atoms. The standard InChI is InChI=1S/C54H69N11O10S2.C2H4O2/c1-29(2)45-54(75)63-44(53(74)65-46(30(3)66)47(57)68)28-77-76-27-43(62-48(69)38(56)23-32-15-18-33-10-4-5-11-34(33)22-32)52(73)60-41(24-31-16-19-36(67)20-17-31)50(71)61-42(25-35-26-58-39-13-7-6-12-37(35)39)51(72)59-40(49(70)64-45)14-8-9-21-55;1-2(3)4/h4-7,10-13,15-20,22,26,29-30,38,40-46,58,66-67H,8-9,14,21,23-25,27-28,55-56H2,1-3H3,(H2,57,68)(H,59,72)(H,60,73)(H,61,71)(H,62,69)(H,63,75)(H,64,70)(H,65,74);1H3,(H,3,4)/t30-,38-,40+,41+,42-,43+,44?,45+,46+;/m1./s1. The Balaban J connectivity index is 0.00000291. The van der Waals surface area contributed by atoms with Crippen LogP contribution >= 0.6 is 21.6 Å². The third kappa shape index (κ3) is 19.8. The lowest BCUT2D eigenvalue weighted by Gasteiger charge is -2.29. The summed E-state index contributed by atoms with van der Waals surface area (Å²) in [7, 11) is 2.03. The summed E-state index contributed by atoms with van der Waals surface area (Å²) >= 11 is 0. The minimum atomic E-state index is -1.55. The van der Waals surface area contributed by atoms with Crippen molar-refractivity contribution in [1.29, 1.82) is 0 Å². The number of para-hydroxylation sites is 1. The molecule has 436 valence electrons. The fraction of sp³-hybridized carbons (Fsp3) is 0.411. The van der Waals surface area contributed by atoms with Crippen LogP contribution in [0.1, 0.15) is 63.6 Å². The van der Waals surface area contributed by atoms with E-state index in [9.17, 15) is 48.6 Å². The molecule has 17 N–H and O–H groups in total. The molecule has 25 heteroatoms. The number of carbonyl (C=O) groups excluding carboxylic acids is 8. The van der Waals surface area contributed by atoms with Crippen LogP contribution in [0.2, 0.25) is 0 Å². The maximum absolute atomic E-state index is 14.9. The number of nitrogens with two attached hydrogens (primary N) is 3. The SMILES string of the molecule is CC(=O)O.CC(C)[C@@H]1NC(=O)[C@H](CCCCN)NC(=O)[C@@H](Cc2c[nH]c3ccccc23)NC(=O)[C@H](Cc2ccc(O)cc2)NC(=O)[C@@H](NC(=O)[C@H](N)Cc2ccc3ccccc3c2)CSSCC(C(=O)N[C@H](C(N)=O)[C@@H](C)O)NC1=O. The zero-order valence-corrected chi connectivity index (χ0v) is 47.1. The number of fused-ring (bicyclic) bond motifs is 2. The molecule has 81 heavy (non-hydrogen) atoms. The number of aromatic hydroxyl groups is 1. The molecule has 9 atom stereocenters. The highest BCUT2D eigenvalue weighted by molar-refractivity contribution is 8.76. The van der Waals surface area contributed by atoms with Gasteiger partial charge in [-0.2, -0.15) is 0 Å². The molecule has 1 aliphatic rings. The van der Waals surface area contributed by atoms with E-state index in [1.54, 1.807) is 32.2 Å². The summed E-state index contributed by atoms with van der Waals surface area (Å²) in [6, 6.07) is 15.8. The molecule has 23 nitrogen and oxygen atoms in total. The first-order valence-electron chi connectivity index (χ1n) is 26.3. The minimum Gasteiger partial charge on any atom is -0.508 e. The molecule has 1 saturated heterocycles. The first kappa shape index (κ1) is 64.1. The number of H-pyrrole nitrogens is 1. The van der Waals surface area contributed by atoms with Crippen LogP contribution in [0.15, 0.2) is 97.2 Å². The Morgan fingerprint density at radius 2 is 1.31 bits per heavy atom. The molecule has 1 unspecified atom stereocenters. The highest BCUT2D eigenvalue weighted by Crippen LogP contribution is 2.25. The quantitative estimate of drug-likeness (QED) is 0.0455. The summed E-state index contributed by atoms with van der Waals surface area (Å²) in [6.07, 6.45) is 1.05. The number of aromatic amines is 1. The molecular formula is C56H73N11O12S2. The summed E-state index contributed by atoms with van der Waals surface area (Å²) in [4.78, 5) is 125. The molecular weight excluding hydrogens is 1080 g/mol. The van der Waals surface area contributed by atoms with E-state index in [0.717, 1.165) is 55.8 Å². The summed E-state index contributed by atoms with van der Waals surface area (Å²) < 4.78 is 0. The number of aliphatic carboxylic acids is 1. The van der Waals surface area contributed by atoms with Gasteiger partial charge in [-0.1, -0.05) is 108 Å². The highest BCUT2D eigenvalue weighted by Gasteiger charge is 2.36. The Labute approximate surface area is 476 Å². The van der Waals surface area contributed by atoms with Crippen LogP contribution < -0.4 is 54.4 Å². The van der Waals surface area contributed by atoms with E-state index < -0.39 is 114 Å². The number of aliphatic hydroxyl groups excluding tert-OH is 1. The summed E-state index contributed by atoms with van der Waals surface area (Å²) in [6.45, 7) is 5.93. The minimum absolute atomic E-state index is 0.0501. The Morgan fingerprint density at radius 3 is 1.96 bits per heavy atom. The molecule has 1 aliphatic heterocycles. The van der Waals surface area contributed by atoms with Crippen LogP contribution in [0, 0.1) is 5.92 Å². The van der Waals surface area contributed by atoms with Gasteiger partial charge >= 0.3 is 0 Å². The number of amides is 8. The lowest BCUT2D eigenvalue weighted by atomic mass is 10.00. The molecule has 1 aromatic heterocycles. The van der Waals surface area contributed by atoms with E-state index in [-0.39, 0.29) is 49.5 Å². The summed E-state index contributed by atoms with van der Waals surface area (Å²) in [5, 5.41) is 49.5. The van der Waals surface area contributed by atoms with Crippen LogP contribution in [-0.2, 0) is 62.4 Å². The Kier molecular flexibility index (Phi) is 24.8. The van der Waals surface area contributed by atoms with Gasteiger partial charge in [0.25, 0.3) is 5.97 Å². The average Bonchev–Trinajstić information content (AvgIpc) is 3.88. The Bertz CT molecular complexity index is 2990. The van der Waals surface area contributed by atoms with Gasteiger partial charge in [-0.25, -0.2) is 0 Å². The Morgan fingerprint density at radius 1 is 0.716 bits per heavy atom. The second-order valence-corrected chi connectivity index (χ2v) is 22.5. The predicted molar refractivity (Wildman–Crippen MR) is 310 cm³/mol. The monoisotopic (exact) mass is 1160 g/mol. The maximum atomic E-state index is 14.9. The number of carboxylic acid groups (broad SMARTS) is 1. The zero-order chi connectivity index (χ0) is 59.3. The highest BCUT2D eigenvalue weighted by atomic mass is 33.1. The van der Waals surface area contributed by atoms with Crippen molar-refractivity contribution in [3.8, 4) is 5.75 Å². The van der Waals surface area contributed by atoms with Crippen LogP contribution in [-0.4, -0.2) is 146 Å². The van der Waals surface area contributed by atoms with E-state index in [2.05, 4.69) is 42.2 Å². The van der Waals surface area contributed by atoms with Crippen LogP contribution in [0.5, 0.6) is 5.75 Å². The largest absolute Gasteiger partial charge is 0.508 e. The van der Waals surface area contributed by atoms with Crippen molar-refractivity contribution >= 4 is 96.5 Å². The number of primary amides is 1. The summed E-state index contributed by atoms with van der Waals surface area (Å²) in [5.74, 6) is -8.50. The fourth-order valence-electron chi connectivity index (χ4n) is 8.71. The van der Waals surface area contributed by atoms with E-state index in [4.69, 9.17) is 27.1 Å². The molecule has 0 bridgehead atoms. The van der Waals surface area contributed by atoms with Crippen molar-refractivity contribution in [3.05, 3.63) is 114 Å². The number of aliphatic hydroxyl groups is 1. The van der Waals surface area contributed by atoms with Crippen LogP contribution in [0.3, 0.4) is 0 Å². The number of aromatic nitrogens is 1. The van der Waals surface area contributed by atoms with Crippen molar-refractivity contribution in [1.82, 2.24) is 42.2 Å². The molecule has 1 fully saturated rings. The number of benzene rings is 4. The topological polar surface area (TPSA) is 392 Å². The molecule has 0 saturated carbocycles. The van der Waals surface area contributed by atoms with Gasteiger partial charge in [0.15, 0.2) is 0 Å². The predicted octanol–water partition coefficient (Wildman–Crippen LogP) is 0.913. The molecule has 0 aliphatic carbocycles. The van der Waals surface area contributed by atoms with Crippen LogP contribution in [0.4, 0.5) is 0 Å². The number of carboxylic acids is 1. The fourth-order valence-corrected chi connectivity index (χ4v) is 11.0. The second-order valence-electron chi connectivity index (χ2n) is 20.0. The van der Waals surface area contributed by atoms with Crippen molar-refractivity contribution in [3.63, 3.8) is 0 Å². The molecule has 0 radical (unpaired) electrons. The van der Waals surface area contributed by atoms with Crippen molar-refractivity contribution in [2.24, 2.45) is 23.1 Å². The number of nitrogens with one attached hydrogen (secondary N) is 8. The number of hydrogen-bond donors (Lipinski definition) is 14. The van der Waals surface area contributed by atoms with E-state index >= 15 is 0 Å². The van der Waals surface area contributed by atoms with E-state index in [1.807, 2.05) is 66.7 Å². The molecule has 8 amide bonds. The van der Waals surface area contributed by atoms with Gasteiger partial charge < -0.3 is 74.7 Å². The van der Waals surface area contributed by atoms with Crippen LogP contribution in [0.25, 0.3) is 21.7 Å². The number of hydrogen-bond acceptors (Lipinski definition) is 15. The normalized spacial score (nSPS) is 20.9. The smallest absolute Gasteiger partial charge is 0.300 e. The van der Waals surface area contributed by atoms with E-state index in [0.29, 0.717) is 24.0 Å². The number of unbranched alkanes of at least 4 members (excludes halogenated alkanes) is 1. The Hall–Kier alpha value is -7.71. The molecule has 4 aromatic carbocycles. The molecule has 6 rings (SSSR count). The zero-order valence-electron chi connectivity index (χ0n) is 45.4. The number of rotatable bonds is 17. The number of carbonyl (C=O) groups is 9. The van der Waals surface area contributed by atoms with Crippen molar-refractivity contribution in [2.45, 2.75) is 121 Å². The van der Waals surface area contributed by atoms with Gasteiger partial charge in [-0.15, -0.1) is 0 Å². The van der Waals surface area contributed by atoms with Gasteiger partial charge in [0.2, 0.25) is 47.3 Å². The second kappa shape index (κ2) is 31.3. The molecule has 2 heterocycles. The van der Waals surface area contributed by atoms with Gasteiger partial charge in [0, 0.05) is 48.4 Å². The van der Waals surface area contributed by atoms with Crippen molar-refractivity contribution < 1.29 is 58.5 Å². The third-order valence-corrected chi connectivity index (χ3v) is 15.5. The molecule has 5 aromatic rings. The van der Waals surface area contributed by atoms with Crippen molar-refractivity contribution in [2.75, 3.05) is 18.1 Å². The average molecular weight is 1160 g/mol. The van der Waals surface area contributed by atoms with Gasteiger partial charge in [0.1, 0.15) is 48.0 Å². The lowest BCUT2D eigenvalue weighted by molar-refractivity contribution is -0.136. The number of phenolic OH excluding ortho intramolecular Hbond substituents is 1. The first-order chi connectivity index (χ1) is 38.5. The maximum Gasteiger partial charge on any atom is 0.300 e. The lowest BCUT2D eigenvalue weighted by Crippen LogP contribution is -2.62. The number of phenols is 1. The van der Waals surface area contributed by atoms with Gasteiger partial charge in [-0.3, -0.25) is 43.2 Å². The third-order valence-electron chi connectivity index (χ3n) is 13.1. The van der Waals surface area contributed by atoms with E-state index in [1.165, 1.54) is 19.1 Å². The van der Waals surface area contributed by atoms with Gasteiger partial charge in [0.05, 0.1) is 12.1 Å². The first-order valence-corrected chi connectivity index (χ1v) is 28.8. The van der Waals surface area contributed by atoms with Gasteiger partial charge in [-0.05, 0) is 90.7 Å².